The van der Waals surface area contributed by atoms with E-state index in [9.17, 15) is 4.39 Å². The van der Waals surface area contributed by atoms with Crippen molar-refractivity contribution in [3.63, 3.8) is 0 Å². The average molecular weight is 242 g/mol. The van der Waals surface area contributed by atoms with Crippen LogP contribution in [-0.4, -0.2) is 16.7 Å². The summed E-state index contributed by atoms with van der Waals surface area (Å²) in [6, 6.07) is 3.98. The minimum atomic E-state index is -0.399. The standard InChI is InChI=1S/C10H9ClFN3O/c11-8-2-1-6(12)5-7(8)10-14-9(3-4-13)16-15-10/h1-2,5H,3-4,13H2. The quantitative estimate of drug-likeness (QED) is 0.893. The highest BCUT2D eigenvalue weighted by Gasteiger charge is 2.12. The lowest BCUT2D eigenvalue weighted by atomic mass is 10.2. The fraction of sp³-hybridized carbons (Fsp3) is 0.200. The van der Waals surface area contributed by atoms with Gasteiger partial charge in [-0.1, -0.05) is 16.8 Å². The summed E-state index contributed by atoms with van der Waals surface area (Å²) >= 11 is 5.90. The number of rotatable bonds is 3. The van der Waals surface area contributed by atoms with Crippen molar-refractivity contribution in [2.45, 2.75) is 6.42 Å². The van der Waals surface area contributed by atoms with Crippen molar-refractivity contribution >= 4 is 11.6 Å². The molecule has 2 rings (SSSR count). The molecule has 1 heterocycles. The summed E-state index contributed by atoms with van der Waals surface area (Å²) < 4.78 is 18.0. The molecule has 6 heteroatoms. The van der Waals surface area contributed by atoms with Gasteiger partial charge in [0.15, 0.2) is 0 Å². The van der Waals surface area contributed by atoms with Crippen molar-refractivity contribution in [1.82, 2.24) is 10.1 Å². The zero-order valence-corrected chi connectivity index (χ0v) is 9.04. The number of hydrogen-bond acceptors (Lipinski definition) is 4. The highest BCUT2D eigenvalue weighted by molar-refractivity contribution is 6.33. The summed E-state index contributed by atoms with van der Waals surface area (Å²) in [5, 5.41) is 4.09. The van der Waals surface area contributed by atoms with E-state index >= 15 is 0 Å². The van der Waals surface area contributed by atoms with Gasteiger partial charge < -0.3 is 10.3 Å². The first-order valence-corrected chi connectivity index (χ1v) is 5.06. The lowest BCUT2D eigenvalue weighted by molar-refractivity contribution is 0.380. The summed E-state index contributed by atoms with van der Waals surface area (Å²) in [6.45, 7) is 0.415. The van der Waals surface area contributed by atoms with Gasteiger partial charge in [-0.25, -0.2) is 4.39 Å². The Hall–Kier alpha value is -1.46. The molecule has 2 N–H and O–H groups in total. The number of halogens is 2. The average Bonchev–Trinajstić information content (AvgIpc) is 2.71. The maximum absolute atomic E-state index is 13.0. The second kappa shape index (κ2) is 4.59. The summed E-state index contributed by atoms with van der Waals surface area (Å²) in [6.07, 6.45) is 0.486. The molecule has 0 saturated heterocycles. The summed E-state index contributed by atoms with van der Waals surface area (Å²) in [5.74, 6) is 0.287. The summed E-state index contributed by atoms with van der Waals surface area (Å²) in [7, 11) is 0. The highest BCUT2D eigenvalue weighted by atomic mass is 35.5. The smallest absolute Gasteiger partial charge is 0.228 e. The van der Waals surface area contributed by atoms with Crippen molar-refractivity contribution in [3.05, 3.63) is 34.9 Å². The molecule has 4 nitrogen and oxygen atoms in total. The molecule has 0 spiro atoms. The number of aromatic nitrogens is 2. The summed E-state index contributed by atoms with van der Waals surface area (Å²) in [5.41, 5.74) is 5.76. The number of nitrogens with zero attached hydrogens (tertiary/aromatic N) is 2. The van der Waals surface area contributed by atoms with E-state index < -0.39 is 5.82 Å². The topological polar surface area (TPSA) is 64.9 Å². The third-order valence-electron chi connectivity index (χ3n) is 2.00. The van der Waals surface area contributed by atoms with Crippen LogP contribution in [0.5, 0.6) is 0 Å². The van der Waals surface area contributed by atoms with Gasteiger partial charge in [-0.2, -0.15) is 4.98 Å². The number of hydrogen-bond donors (Lipinski definition) is 1. The van der Waals surface area contributed by atoms with Crippen LogP contribution >= 0.6 is 11.6 Å². The van der Waals surface area contributed by atoms with Gasteiger partial charge in [0.2, 0.25) is 11.7 Å². The van der Waals surface area contributed by atoms with Crippen LogP contribution in [0.4, 0.5) is 4.39 Å². The molecule has 1 aromatic carbocycles. The van der Waals surface area contributed by atoms with Crippen LogP contribution in [0, 0.1) is 5.82 Å². The molecule has 1 aromatic heterocycles. The van der Waals surface area contributed by atoms with E-state index in [-0.39, 0.29) is 5.82 Å². The van der Waals surface area contributed by atoms with E-state index in [1.54, 1.807) is 0 Å². The minimum absolute atomic E-state index is 0.271. The first-order valence-electron chi connectivity index (χ1n) is 4.69. The molecule has 0 amide bonds. The molecule has 0 aliphatic rings. The van der Waals surface area contributed by atoms with E-state index in [4.69, 9.17) is 21.9 Å². The number of nitrogens with two attached hydrogens (primary N) is 1. The second-order valence-corrected chi connectivity index (χ2v) is 3.58. The maximum atomic E-state index is 13.0. The Kier molecular flexibility index (Phi) is 3.17. The van der Waals surface area contributed by atoms with Crippen LogP contribution in [0.2, 0.25) is 5.02 Å². The van der Waals surface area contributed by atoms with Crippen molar-refractivity contribution in [2.24, 2.45) is 5.73 Å². The Bertz CT molecular complexity index is 501. The molecule has 0 aliphatic heterocycles. The van der Waals surface area contributed by atoms with Gasteiger partial charge in [-0.3, -0.25) is 0 Å². The molecule has 84 valence electrons. The maximum Gasteiger partial charge on any atom is 0.228 e. The van der Waals surface area contributed by atoms with Gasteiger partial charge in [0.1, 0.15) is 5.82 Å². The first kappa shape index (κ1) is 11.0. The normalized spacial score (nSPS) is 10.7. The molecule has 0 radical (unpaired) electrons. The van der Waals surface area contributed by atoms with Crippen LogP contribution in [0.1, 0.15) is 5.89 Å². The zero-order chi connectivity index (χ0) is 11.5. The van der Waals surface area contributed by atoms with Gasteiger partial charge in [-0.05, 0) is 18.2 Å². The van der Waals surface area contributed by atoms with E-state index in [0.717, 1.165) is 0 Å². The fourth-order valence-corrected chi connectivity index (χ4v) is 1.46. The second-order valence-electron chi connectivity index (χ2n) is 3.17. The van der Waals surface area contributed by atoms with Crippen LogP contribution in [0.25, 0.3) is 11.4 Å². The molecule has 0 unspecified atom stereocenters. The molecule has 0 aliphatic carbocycles. The van der Waals surface area contributed by atoms with E-state index in [1.165, 1.54) is 18.2 Å². The van der Waals surface area contributed by atoms with E-state index in [2.05, 4.69) is 10.1 Å². The van der Waals surface area contributed by atoms with Crippen LogP contribution in [-0.2, 0) is 6.42 Å². The molecule has 0 atom stereocenters. The van der Waals surface area contributed by atoms with Crippen LogP contribution < -0.4 is 5.73 Å². The third kappa shape index (κ3) is 2.20. The molecule has 0 bridgehead atoms. The third-order valence-corrected chi connectivity index (χ3v) is 2.33. The van der Waals surface area contributed by atoms with E-state index in [1.807, 2.05) is 0 Å². The molecule has 0 saturated carbocycles. The van der Waals surface area contributed by atoms with Crippen LogP contribution in [0.15, 0.2) is 22.7 Å². The largest absolute Gasteiger partial charge is 0.339 e. The lowest BCUT2D eigenvalue weighted by Gasteiger charge is -1.97. The molecule has 0 fully saturated rings. The lowest BCUT2D eigenvalue weighted by Crippen LogP contribution is -2.02. The Morgan fingerprint density at radius 1 is 1.44 bits per heavy atom. The van der Waals surface area contributed by atoms with Gasteiger partial charge in [-0.15, -0.1) is 0 Å². The predicted octanol–water partition coefficient (Wildman–Crippen LogP) is 2.03. The van der Waals surface area contributed by atoms with Gasteiger partial charge in [0, 0.05) is 18.5 Å². The molecule has 16 heavy (non-hydrogen) atoms. The van der Waals surface area contributed by atoms with Crippen LogP contribution in [0.3, 0.4) is 0 Å². The monoisotopic (exact) mass is 241 g/mol. The van der Waals surface area contributed by atoms with Gasteiger partial charge in [0.05, 0.1) is 5.02 Å². The molecule has 2 aromatic rings. The first-order chi connectivity index (χ1) is 7.70. The fourth-order valence-electron chi connectivity index (χ4n) is 1.26. The van der Waals surface area contributed by atoms with Crippen molar-refractivity contribution in [3.8, 4) is 11.4 Å². The molecular weight excluding hydrogens is 233 g/mol. The SMILES string of the molecule is NCCc1nc(-c2cc(F)ccc2Cl)no1. The van der Waals surface area contributed by atoms with Gasteiger partial charge >= 0.3 is 0 Å². The van der Waals surface area contributed by atoms with Gasteiger partial charge in [0.25, 0.3) is 0 Å². The van der Waals surface area contributed by atoms with Crippen molar-refractivity contribution in [2.75, 3.05) is 6.54 Å². The van der Waals surface area contributed by atoms with Crippen molar-refractivity contribution < 1.29 is 8.91 Å². The predicted molar refractivity (Wildman–Crippen MR) is 57.5 cm³/mol. The Balaban J connectivity index is 2.38. The zero-order valence-electron chi connectivity index (χ0n) is 8.28. The Morgan fingerprint density at radius 2 is 2.25 bits per heavy atom. The van der Waals surface area contributed by atoms with Crippen molar-refractivity contribution in [1.29, 1.82) is 0 Å². The highest BCUT2D eigenvalue weighted by Crippen LogP contribution is 2.26. The minimum Gasteiger partial charge on any atom is -0.339 e. The Morgan fingerprint density at radius 3 is 3.00 bits per heavy atom. The molecular formula is C10H9ClFN3O. The number of benzene rings is 1. The van der Waals surface area contributed by atoms with E-state index in [0.29, 0.717) is 29.4 Å². The summed E-state index contributed by atoms with van der Waals surface area (Å²) in [4.78, 5) is 4.06. The Labute approximate surface area is 96.2 Å².